The lowest BCUT2D eigenvalue weighted by atomic mass is 10.2. The lowest BCUT2D eigenvalue weighted by Gasteiger charge is -2.19. The molecule has 2 N–H and O–H groups in total. The molecule has 0 unspecified atom stereocenters. The third-order valence-corrected chi connectivity index (χ3v) is 4.44. The molecule has 1 amide bonds. The SMILES string of the molecule is Cc1[nH]c(-c2ccc(F)cc2)nc1C(=O)N(CCO)Cc1nccs1. The average molecular weight is 360 g/mol. The highest BCUT2D eigenvalue weighted by Crippen LogP contribution is 2.20. The molecular weight excluding hydrogens is 343 g/mol. The fourth-order valence-electron chi connectivity index (χ4n) is 2.43. The normalized spacial score (nSPS) is 10.8. The van der Waals surface area contributed by atoms with Crippen molar-refractivity contribution in [2.75, 3.05) is 13.2 Å². The summed E-state index contributed by atoms with van der Waals surface area (Å²) in [6.07, 6.45) is 1.67. The molecule has 3 aromatic rings. The molecule has 1 aromatic carbocycles. The predicted octanol–water partition coefficient (Wildman–Crippen LogP) is 2.62. The summed E-state index contributed by atoms with van der Waals surface area (Å²) in [6.45, 7) is 2.12. The highest BCUT2D eigenvalue weighted by molar-refractivity contribution is 7.09. The number of aliphatic hydroxyl groups excluding tert-OH is 1. The van der Waals surface area contributed by atoms with Gasteiger partial charge in [0, 0.05) is 29.4 Å². The molecule has 0 aliphatic carbocycles. The molecule has 0 aliphatic rings. The highest BCUT2D eigenvalue weighted by Gasteiger charge is 2.22. The lowest BCUT2D eigenvalue weighted by Crippen LogP contribution is -2.33. The van der Waals surface area contributed by atoms with Crippen LogP contribution in [0.15, 0.2) is 35.8 Å². The number of H-pyrrole nitrogens is 1. The molecule has 8 heteroatoms. The van der Waals surface area contributed by atoms with Gasteiger partial charge in [-0.05, 0) is 31.2 Å². The molecular formula is C17H17FN4O2S. The summed E-state index contributed by atoms with van der Waals surface area (Å²) in [5.74, 6) is -0.119. The maximum atomic E-state index is 13.1. The number of imidazole rings is 1. The number of carbonyl (C=O) groups excluding carboxylic acids is 1. The molecule has 25 heavy (non-hydrogen) atoms. The van der Waals surface area contributed by atoms with Crippen molar-refractivity contribution < 1.29 is 14.3 Å². The van der Waals surface area contributed by atoms with Gasteiger partial charge in [-0.2, -0.15) is 0 Å². The van der Waals surface area contributed by atoms with Gasteiger partial charge in [0.15, 0.2) is 0 Å². The Morgan fingerprint density at radius 1 is 1.36 bits per heavy atom. The number of aryl methyl sites for hydroxylation is 1. The lowest BCUT2D eigenvalue weighted by molar-refractivity contribution is 0.0701. The Kier molecular flexibility index (Phi) is 5.20. The van der Waals surface area contributed by atoms with Crippen LogP contribution in [0.5, 0.6) is 0 Å². The summed E-state index contributed by atoms with van der Waals surface area (Å²) in [7, 11) is 0. The van der Waals surface area contributed by atoms with Gasteiger partial charge in [-0.15, -0.1) is 11.3 Å². The summed E-state index contributed by atoms with van der Waals surface area (Å²) >= 11 is 1.45. The van der Waals surface area contributed by atoms with Crippen molar-refractivity contribution in [3.63, 3.8) is 0 Å². The van der Waals surface area contributed by atoms with E-state index in [1.54, 1.807) is 25.3 Å². The minimum atomic E-state index is -0.333. The van der Waals surface area contributed by atoms with Gasteiger partial charge in [-0.25, -0.2) is 14.4 Å². The number of nitrogens with zero attached hydrogens (tertiary/aromatic N) is 3. The van der Waals surface area contributed by atoms with Crippen LogP contribution in [0.4, 0.5) is 4.39 Å². The standard InChI is InChI=1S/C17H17FN4O2S/c1-11-15(21-16(20-11)12-2-4-13(18)5-3-12)17(24)22(7-8-23)10-14-19-6-9-25-14/h2-6,9,23H,7-8,10H2,1H3,(H,20,21). The third-order valence-electron chi connectivity index (χ3n) is 3.67. The predicted molar refractivity (Wildman–Crippen MR) is 92.7 cm³/mol. The molecule has 0 fully saturated rings. The number of rotatable bonds is 6. The van der Waals surface area contributed by atoms with Gasteiger partial charge in [0.05, 0.1) is 13.2 Å². The fraction of sp³-hybridized carbons (Fsp3) is 0.235. The van der Waals surface area contributed by atoms with Gasteiger partial charge in [-0.3, -0.25) is 4.79 Å². The first kappa shape index (κ1) is 17.2. The average Bonchev–Trinajstić information content (AvgIpc) is 3.24. The van der Waals surface area contributed by atoms with Crippen LogP contribution >= 0.6 is 11.3 Å². The van der Waals surface area contributed by atoms with Crippen molar-refractivity contribution in [1.29, 1.82) is 0 Å². The Bertz CT molecular complexity index is 846. The maximum absolute atomic E-state index is 13.1. The number of hydrogen-bond donors (Lipinski definition) is 2. The van der Waals surface area contributed by atoms with E-state index in [4.69, 9.17) is 0 Å². The largest absolute Gasteiger partial charge is 0.395 e. The molecule has 2 aromatic heterocycles. The molecule has 0 atom stereocenters. The van der Waals surface area contributed by atoms with Crippen LogP contribution in [0.1, 0.15) is 21.2 Å². The number of nitrogens with one attached hydrogen (secondary N) is 1. The number of thiazole rings is 1. The summed E-state index contributed by atoms with van der Waals surface area (Å²) in [4.78, 5) is 26.0. The maximum Gasteiger partial charge on any atom is 0.274 e. The van der Waals surface area contributed by atoms with Crippen LogP contribution in [0, 0.1) is 12.7 Å². The van der Waals surface area contributed by atoms with E-state index >= 15 is 0 Å². The Morgan fingerprint density at radius 3 is 2.76 bits per heavy atom. The Labute approximate surface area is 148 Å². The van der Waals surface area contributed by atoms with E-state index in [0.717, 1.165) is 5.01 Å². The smallest absolute Gasteiger partial charge is 0.274 e. The van der Waals surface area contributed by atoms with Crippen LogP contribution < -0.4 is 0 Å². The molecule has 0 saturated heterocycles. The number of aliphatic hydroxyl groups is 1. The third kappa shape index (κ3) is 3.92. The van der Waals surface area contributed by atoms with Crippen molar-refractivity contribution in [2.45, 2.75) is 13.5 Å². The van der Waals surface area contributed by atoms with E-state index in [0.29, 0.717) is 23.6 Å². The molecule has 3 rings (SSSR count). The molecule has 0 spiro atoms. The number of amides is 1. The van der Waals surface area contributed by atoms with E-state index in [2.05, 4.69) is 15.0 Å². The summed E-state index contributed by atoms with van der Waals surface area (Å²) in [5, 5.41) is 11.9. The minimum Gasteiger partial charge on any atom is -0.395 e. The van der Waals surface area contributed by atoms with Crippen molar-refractivity contribution >= 4 is 17.2 Å². The zero-order chi connectivity index (χ0) is 17.8. The number of benzene rings is 1. The van der Waals surface area contributed by atoms with Crippen molar-refractivity contribution in [3.05, 3.63) is 58.1 Å². The monoisotopic (exact) mass is 360 g/mol. The van der Waals surface area contributed by atoms with Crippen molar-refractivity contribution in [3.8, 4) is 11.4 Å². The van der Waals surface area contributed by atoms with E-state index in [9.17, 15) is 14.3 Å². The number of halogens is 1. The molecule has 0 aliphatic heterocycles. The van der Waals surface area contributed by atoms with Gasteiger partial charge >= 0.3 is 0 Å². The van der Waals surface area contributed by atoms with Gasteiger partial charge < -0.3 is 15.0 Å². The molecule has 2 heterocycles. The number of carbonyl (C=O) groups is 1. The highest BCUT2D eigenvalue weighted by atomic mass is 32.1. The second kappa shape index (κ2) is 7.54. The van der Waals surface area contributed by atoms with Crippen LogP contribution in [-0.2, 0) is 6.54 Å². The Balaban J connectivity index is 1.86. The quantitative estimate of drug-likeness (QED) is 0.708. The fourth-order valence-corrected chi connectivity index (χ4v) is 3.06. The van der Waals surface area contributed by atoms with E-state index < -0.39 is 0 Å². The van der Waals surface area contributed by atoms with Crippen LogP contribution in [0.2, 0.25) is 0 Å². The molecule has 130 valence electrons. The number of aromatic amines is 1. The molecule has 6 nitrogen and oxygen atoms in total. The van der Waals surface area contributed by atoms with Crippen LogP contribution in [-0.4, -0.2) is 44.0 Å². The van der Waals surface area contributed by atoms with E-state index in [1.807, 2.05) is 5.38 Å². The molecule has 0 bridgehead atoms. The second-order valence-corrected chi connectivity index (χ2v) is 6.42. The van der Waals surface area contributed by atoms with Gasteiger partial charge in [-0.1, -0.05) is 0 Å². The van der Waals surface area contributed by atoms with Crippen LogP contribution in [0.3, 0.4) is 0 Å². The topological polar surface area (TPSA) is 82.1 Å². The number of aromatic nitrogens is 3. The summed E-state index contributed by atoms with van der Waals surface area (Å²) in [5.41, 5.74) is 1.59. The summed E-state index contributed by atoms with van der Waals surface area (Å²) in [6, 6.07) is 5.89. The zero-order valence-corrected chi connectivity index (χ0v) is 14.4. The minimum absolute atomic E-state index is 0.147. The first-order valence-corrected chi connectivity index (χ1v) is 8.57. The second-order valence-electron chi connectivity index (χ2n) is 5.44. The van der Waals surface area contributed by atoms with E-state index in [-0.39, 0.29) is 30.6 Å². The zero-order valence-electron chi connectivity index (χ0n) is 13.6. The van der Waals surface area contributed by atoms with Crippen molar-refractivity contribution in [1.82, 2.24) is 19.9 Å². The first-order valence-electron chi connectivity index (χ1n) is 7.69. The van der Waals surface area contributed by atoms with Gasteiger partial charge in [0.2, 0.25) is 0 Å². The molecule has 0 radical (unpaired) electrons. The Hall–Kier alpha value is -2.58. The van der Waals surface area contributed by atoms with E-state index in [1.165, 1.54) is 28.4 Å². The van der Waals surface area contributed by atoms with Gasteiger partial charge in [0.25, 0.3) is 5.91 Å². The molecule has 0 saturated carbocycles. The Morgan fingerprint density at radius 2 is 2.12 bits per heavy atom. The number of hydrogen-bond acceptors (Lipinski definition) is 5. The van der Waals surface area contributed by atoms with Crippen molar-refractivity contribution in [2.24, 2.45) is 0 Å². The first-order chi connectivity index (χ1) is 12.1. The summed E-state index contributed by atoms with van der Waals surface area (Å²) < 4.78 is 13.1. The van der Waals surface area contributed by atoms with Crippen LogP contribution in [0.25, 0.3) is 11.4 Å². The van der Waals surface area contributed by atoms with Gasteiger partial charge in [0.1, 0.15) is 22.3 Å².